The third-order valence-corrected chi connectivity index (χ3v) is 1.56. The minimum Gasteiger partial charge on any atom is -0.480 e. The van der Waals surface area contributed by atoms with Crippen LogP contribution in [0.5, 0.6) is 0 Å². The predicted molar refractivity (Wildman–Crippen MR) is 52.2 cm³/mol. The van der Waals surface area contributed by atoms with Gasteiger partial charge < -0.3 is 10.8 Å². The molecule has 10 heteroatoms. The molecule has 0 aliphatic carbocycles. The number of hydroxylamine groups is 1. The van der Waals surface area contributed by atoms with Crippen LogP contribution in [0.4, 0.5) is 0 Å². The van der Waals surface area contributed by atoms with Gasteiger partial charge in [0.15, 0.2) is 5.03 Å². The van der Waals surface area contributed by atoms with Crippen LogP contribution >= 0.6 is 0 Å². The largest absolute Gasteiger partial charge is 0.480 e. The van der Waals surface area contributed by atoms with Crippen LogP contribution in [0.2, 0.25) is 0 Å². The number of rotatable bonds is 6. The zero-order chi connectivity index (χ0) is 12.6. The van der Waals surface area contributed by atoms with Crippen LogP contribution in [0.1, 0.15) is 12.8 Å². The van der Waals surface area contributed by atoms with Gasteiger partial charge in [0.2, 0.25) is 0 Å². The number of aliphatic imine (C=N–C) groups is 1. The second kappa shape index (κ2) is 7.36. The van der Waals surface area contributed by atoms with Gasteiger partial charge in [-0.3, -0.25) is 10.0 Å². The normalized spacial score (nSPS) is 13.0. The highest BCUT2D eigenvalue weighted by atomic mass is 16.7. The SMILES string of the molecule is N[C@@H](CCCN=C(NO)N[N+](=O)[O-])C(=O)O. The third-order valence-electron chi connectivity index (χ3n) is 1.56. The number of aliphatic carboxylic acids is 1. The van der Waals surface area contributed by atoms with Crippen molar-refractivity contribution in [1.29, 1.82) is 0 Å². The number of hydrogen-bond acceptors (Lipinski definition) is 6. The fourth-order valence-corrected chi connectivity index (χ4v) is 0.808. The van der Waals surface area contributed by atoms with Crippen molar-refractivity contribution in [2.45, 2.75) is 18.9 Å². The maximum absolute atomic E-state index is 10.3. The number of carboxylic acid groups (broad SMARTS) is 1. The summed E-state index contributed by atoms with van der Waals surface area (Å²) < 4.78 is 0. The van der Waals surface area contributed by atoms with Crippen molar-refractivity contribution in [2.24, 2.45) is 10.7 Å². The lowest BCUT2D eigenvalue weighted by molar-refractivity contribution is -0.526. The third kappa shape index (κ3) is 6.50. The van der Waals surface area contributed by atoms with Gasteiger partial charge in [0.25, 0.3) is 5.96 Å². The molecule has 0 aliphatic rings. The highest BCUT2D eigenvalue weighted by molar-refractivity contribution is 5.77. The molecule has 10 nitrogen and oxygen atoms in total. The molecule has 0 saturated carbocycles. The Balaban J connectivity index is 3.88. The molecule has 0 bridgehead atoms. The molecule has 6 N–H and O–H groups in total. The number of nitrogens with zero attached hydrogens (tertiary/aromatic N) is 2. The second-order valence-corrected chi connectivity index (χ2v) is 2.80. The van der Waals surface area contributed by atoms with Crippen molar-refractivity contribution < 1.29 is 20.1 Å². The highest BCUT2D eigenvalue weighted by Gasteiger charge is 2.10. The Morgan fingerprint density at radius 1 is 1.62 bits per heavy atom. The predicted octanol–water partition coefficient (Wildman–Crippen LogP) is -1.71. The number of guanidine groups is 1. The van der Waals surface area contributed by atoms with Crippen molar-refractivity contribution in [2.75, 3.05) is 6.54 Å². The van der Waals surface area contributed by atoms with E-state index in [0.717, 1.165) is 0 Å². The summed E-state index contributed by atoms with van der Waals surface area (Å²) in [5.41, 5.74) is 8.31. The quantitative estimate of drug-likeness (QED) is 0.119. The monoisotopic (exact) mass is 235 g/mol. The summed E-state index contributed by atoms with van der Waals surface area (Å²) >= 11 is 0. The molecule has 0 amide bonds. The zero-order valence-corrected chi connectivity index (χ0v) is 8.29. The van der Waals surface area contributed by atoms with Crippen LogP contribution in [0.3, 0.4) is 0 Å². The first-order valence-electron chi connectivity index (χ1n) is 4.31. The summed E-state index contributed by atoms with van der Waals surface area (Å²) in [6.45, 7) is 0.102. The summed E-state index contributed by atoms with van der Waals surface area (Å²) in [7, 11) is 0. The minimum atomic E-state index is -1.12. The molecule has 1 atom stereocenters. The van der Waals surface area contributed by atoms with E-state index in [1.165, 1.54) is 5.48 Å². The highest BCUT2D eigenvalue weighted by Crippen LogP contribution is 1.94. The Morgan fingerprint density at radius 3 is 2.69 bits per heavy atom. The van der Waals surface area contributed by atoms with Gasteiger partial charge in [-0.15, -0.1) is 0 Å². The van der Waals surface area contributed by atoms with Gasteiger partial charge in [0.1, 0.15) is 6.04 Å². The van der Waals surface area contributed by atoms with Crippen LogP contribution in [0.15, 0.2) is 4.99 Å². The van der Waals surface area contributed by atoms with E-state index in [1.54, 1.807) is 5.43 Å². The smallest absolute Gasteiger partial charge is 0.320 e. The summed E-state index contributed by atoms with van der Waals surface area (Å²) in [4.78, 5) is 23.8. The number of hydrazine groups is 1. The molecule has 0 rings (SSSR count). The molecule has 0 aromatic rings. The van der Waals surface area contributed by atoms with Crippen molar-refractivity contribution in [3.63, 3.8) is 0 Å². The van der Waals surface area contributed by atoms with Gasteiger partial charge in [0, 0.05) is 6.54 Å². The standard InChI is InChI=1S/C6H13N5O5/c7-4(5(12)13)2-1-3-8-6(10-14)9-11(15)16/h4,14H,1-3,7H2,(H,12,13)(H2,8,9,10)/t4-/m0/s1. The molecule has 0 fully saturated rings. The van der Waals surface area contributed by atoms with Crippen LogP contribution in [0.25, 0.3) is 0 Å². The van der Waals surface area contributed by atoms with Gasteiger partial charge in [-0.05, 0) is 12.8 Å². The zero-order valence-electron chi connectivity index (χ0n) is 8.29. The molecule has 0 aromatic carbocycles. The van der Waals surface area contributed by atoms with Gasteiger partial charge >= 0.3 is 5.97 Å². The van der Waals surface area contributed by atoms with E-state index >= 15 is 0 Å². The fourth-order valence-electron chi connectivity index (χ4n) is 0.808. The van der Waals surface area contributed by atoms with E-state index < -0.39 is 23.0 Å². The molecule has 92 valence electrons. The first kappa shape index (κ1) is 14.1. The molecule has 0 heterocycles. The molecule has 0 radical (unpaired) electrons. The first-order chi connectivity index (χ1) is 7.47. The molecule has 16 heavy (non-hydrogen) atoms. The Bertz CT molecular complexity index is 280. The Labute approximate surface area is 90.2 Å². The van der Waals surface area contributed by atoms with Crippen LogP contribution < -0.4 is 16.6 Å². The van der Waals surface area contributed by atoms with E-state index in [4.69, 9.17) is 16.0 Å². The van der Waals surface area contributed by atoms with E-state index in [9.17, 15) is 14.9 Å². The minimum absolute atomic E-state index is 0.102. The maximum Gasteiger partial charge on any atom is 0.320 e. The lowest BCUT2D eigenvalue weighted by atomic mass is 10.2. The van der Waals surface area contributed by atoms with E-state index in [2.05, 4.69) is 4.99 Å². The fraction of sp³-hybridized carbons (Fsp3) is 0.667. The number of hydrogen-bond donors (Lipinski definition) is 5. The van der Waals surface area contributed by atoms with Crippen LogP contribution in [-0.2, 0) is 4.79 Å². The lowest BCUT2D eigenvalue weighted by Gasteiger charge is -2.04. The maximum atomic E-state index is 10.3. The lowest BCUT2D eigenvalue weighted by Crippen LogP contribution is -2.39. The number of nitro groups is 1. The molecule has 0 aliphatic heterocycles. The van der Waals surface area contributed by atoms with Crippen molar-refractivity contribution in [3.05, 3.63) is 10.1 Å². The molecule has 0 saturated heterocycles. The number of nitrogens with two attached hydrogens (primary N) is 1. The van der Waals surface area contributed by atoms with E-state index in [0.29, 0.717) is 6.42 Å². The Kier molecular flexibility index (Phi) is 6.47. The van der Waals surface area contributed by atoms with E-state index in [1.807, 2.05) is 0 Å². The summed E-state index contributed by atoms with van der Waals surface area (Å²) in [6, 6.07) is -0.982. The average molecular weight is 235 g/mol. The summed E-state index contributed by atoms with van der Waals surface area (Å²) in [6.07, 6.45) is 0.522. The summed E-state index contributed by atoms with van der Waals surface area (Å²) in [5, 5.41) is 25.9. The van der Waals surface area contributed by atoms with Crippen molar-refractivity contribution in [1.82, 2.24) is 10.9 Å². The Morgan fingerprint density at radius 2 is 2.25 bits per heavy atom. The Hall–Kier alpha value is -1.94. The van der Waals surface area contributed by atoms with Crippen molar-refractivity contribution >= 4 is 11.9 Å². The van der Waals surface area contributed by atoms with Crippen LogP contribution in [0, 0.1) is 10.1 Å². The van der Waals surface area contributed by atoms with Gasteiger partial charge in [-0.1, -0.05) is 5.43 Å². The van der Waals surface area contributed by atoms with E-state index in [-0.39, 0.29) is 13.0 Å². The molecule has 0 unspecified atom stereocenters. The molecule has 0 spiro atoms. The van der Waals surface area contributed by atoms with Crippen LogP contribution in [-0.4, -0.2) is 39.9 Å². The second-order valence-electron chi connectivity index (χ2n) is 2.80. The summed E-state index contributed by atoms with van der Waals surface area (Å²) in [5.74, 6) is -1.54. The molecular formula is C6H13N5O5. The topological polar surface area (TPSA) is 163 Å². The number of nitrogens with one attached hydrogen (secondary N) is 2. The van der Waals surface area contributed by atoms with Gasteiger partial charge in [-0.25, -0.2) is 20.6 Å². The number of carbonyl (C=O) groups is 1. The average Bonchev–Trinajstić information content (AvgIpc) is 2.21. The van der Waals surface area contributed by atoms with Gasteiger partial charge in [-0.2, -0.15) is 0 Å². The van der Waals surface area contributed by atoms with Gasteiger partial charge in [0.05, 0.1) is 0 Å². The molecular weight excluding hydrogens is 222 g/mol. The van der Waals surface area contributed by atoms with Crippen molar-refractivity contribution in [3.8, 4) is 0 Å². The number of carboxylic acids is 1. The molecule has 0 aromatic heterocycles. The first-order valence-corrected chi connectivity index (χ1v) is 4.31.